The molecule has 1 saturated carbocycles. The Labute approximate surface area is 148 Å². The molecule has 1 aromatic carbocycles. The van der Waals surface area contributed by atoms with Gasteiger partial charge in [-0.15, -0.1) is 0 Å². The van der Waals surface area contributed by atoms with E-state index in [0.717, 1.165) is 43.7 Å². The summed E-state index contributed by atoms with van der Waals surface area (Å²) < 4.78 is 7.43. The van der Waals surface area contributed by atoms with Crippen molar-refractivity contribution < 1.29 is 9.53 Å². The van der Waals surface area contributed by atoms with Crippen LogP contribution in [0.4, 0.5) is 0 Å². The van der Waals surface area contributed by atoms with Crippen molar-refractivity contribution in [3.8, 4) is 5.75 Å². The van der Waals surface area contributed by atoms with Crippen molar-refractivity contribution >= 4 is 5.91 Å². The van der Waals surface area contributed by atoms with Crippen molar-refractivity contribution in [1.29, 1.82) is 0 Å². The number of ether oxygens (including phenoxy) is 1. The van der Waals surface area contributed by atoms with Crippen LogP contribution in [0.1, 0.15) is 36.3 Å². The van der Waals surface area contributed by atoms with E-state index in [1.807, 2.05) is 36.0 Å². The summed E-state index contributed by atoms with van der Waals surface area (Å²) in [6.07, 6.45) is 7.01. The van der Waals surface area contributed by atoms with Gasteiger partial charge < -0.3 is 9.64 Å². The lowest BCUT2D eigenvalue weighted by Gasteiger charge is -2.25. The summed E-state index contributed by atoms with van der Waals surface area (Å²) in [5.74, 6) is 1.61. The van der Waals surface area contributed by atoms with Crippen LogP contribution in [-0.4, -0.2) is 40.3 Å². The number of carbonyl (C=O) groups is 1. The number of para-hydroxylation sites is 1. The van der Waals surface area contributed by atoms with E-state index >= 15 is 0 Å². The zero-order valence-corrected chi connectivity index (χ0v) is 14.9. The number of amides is 1. The number of nitrogens with zero attached hydrogens (tertiary/aromatic N) is 3. The Morgan fingerprint density at radius 1 is 1.36 bits per heavy atom. The molecule has 3 unspecified atom stereocenters. The first kappa shape index (κ1) is 16.2. The predicted molar refractivity (Wildman–Crippen MR) is 95.5 cm³/mol. The number of hydrogen-bond donors (Lipinski definition) is 0. The number of likely N-dealkylation sites (tertiary alicyclic amines) is 1. The maximum Gasteiger partial charge on any atom is 0.226 e. The smallest absolute Gasteiger partial charge is 0.226 e. The molecule has 1 amide bonds. The molecule has 132 valence electrons. The first-order chi connectivity index (χ1) is 12.2. The van der Waals surface area contributed by atoms with Crippen LogP contribution in [0.3, 0.4) is 0 Å². The fourth-order valence-electron chi connectivity index (χ4n) is 4.10. The Morgan fingerprint density at radius 3 is 2.96 bits per heavy atom. The molecule has 0 spiro atoms. The van der Waals surface area contributed by atoms with E-state index in [1.165, 1.54) is 5.56 Å². The Bertz CT molecular complexity index is 770. The molecule has 1 aliphatic carbocycles. The van der Waals surface area contributed by atoms with Gasteiger partial charge in [-0.2, -0.15) is 5.10 Å². The van der Waals surface area contributed by atoms with Gasteiger partial charge in [0, 0.05) is 18.7 Å². The summed E-state index contributed by atoms with van der Waals surface area (Å²) in [6, 6.07) is 8.34. The molecule has 2 heterocycles. The molecule has 0 N–H and O–H groups in total. The van der Waals surface area contributed by atoms with Gasteiger partial charge in [-0.1, -0.05) is 18.2 Å². The molecule has 2 fully saturated rings. The van der Waals surface area contributed by atoms with Crippen molar-refractivity contribution in [2.45, 2.75) is 44.7 Å². The van der Waals surface area contributed by atoms with Crippen molar-refractivity contribution in [2.75, 3.05) is 13.7 Å². The molecular formula is C20H25N3O2. The maximum atomic E-state index is 13.1. The van der Waals surface area contributed by atoms with Gasteiger partial charge in [-0.25, -0.2) is 0 Å². The van der Waals surface area contributed by atoms with Gasteiger partial charge in [0.25, 0.3) is 0 Å². The van der Waals surface area contributed by atoms with Crippen molar-refractivity contribution in [3.05, 3.63) is 47.8 Å². The molecule has 1 aliphatic heterocycles. The van der Waals surface area contributed by atoms with Crippen LogP contribution < -0.4 is 4.74 Å². The fourth-order valence-corrected chi connectivity index (χ4v) is 4.10. The van der Waals surface area contributed by atoms with Crippen LogP contribution in [0.5, 0.6) is 5.75 Å². The van der Waals surface area contributed by atoms with Gasteiger partial charge in [-0.3, -0.25) is 9.48 Å². The summed E-state index contributed by atoms with van der Waals surface area (Å²) in [5, 5.41) is 4.38. The Hall–Kier alpha value is -2.30. The zero-order chi connectivity index (χ0) is 17.4. The monoisotopic (exact) mass is 339 g/mol. The van der Waals surface area contributed by atoms with Crippen molar-refractivity contribution in [1.82, 2.24) is 14.7 Å². The molecule has 25 heavy (non-hydrogen) atoms. The van der Waals surface area contributed by atoms with E-state index in [2.05, 4.69) is 22.3 Å². The molecule has 0 radical (unpaired) electrons. The Balaban J connectivity index is 1.44. The van der Waals surface area contributed by atoms with Gasteiger partial charge in [0.2, 0.25) is 5.91 Å². The normalized spacial score (nSPS) is 25.2. The minimum Gasteiger partial charge on any atom is -0.496 e. The van der Waals surface area contributed by atoms with Crippen LogP contribution >= 0.6 is 0 Å². The first-order valence-electron chi connectivity index (χ1n) is 9.10. The van der Waals surface area contributed by atoms with Crippen LogP contribution in [-0.2, 0) is 11.3 Å². The Kier molecular flexibility index (Phi) is 4.24. The van der Waals surface area contributed by atoms with Crippen LogP contribution in [0.2, 0.25) is 0 Å². The number of hydrogen-bond acceptors (Lipinski definition) is 3. The number of rotatable bonds is 5. The zero-order valence-electron chi connectivity index (χ0n) is 14.9. The highest BCUT2D eigenvalue weighted by atomic mass is 16.5. The van der Waals surface area contributed by atoms with Gasteiger partial charge >= 0.3 is 0 Å². The van der Waals surface area contributed by atoms with E-state index in [0.29, 0.717) is 11.8 Å². The number of methoxy groups -OCH3 is 1. The van der Waals surface area contributed by atoms with Crippen LogP contribution in [0, 0.1) is 12.8 Å². The average Bonchev–Trinajstić information content (AvgIpc) is 3.11. The number of aryl methyl sites for hydroxylation is 1. The molecule has 1 aromatic heterocycles. The molecular weight excluding hydrogens is 314 g/mol. The molecule has 5 heteroatoms. The standard InChI is InChI=1S/C20H25N3O2/c1-14-11-21-22(12-14)13-15-6-5-9-23(15)20(24)18-10-17(18)16-7-3-4-8-19(16)25-2/h3-4,7-8,11-12,15,17-18H,5-6,9-10,13H2,1-2H3. The van der Waals surface area contributed by atoms with Crippen molar-refractivity contribution in [3.63, 3.8) is 0 Å². The number of benzene rings is 1. The van der Waals surface area contributed by atoms with E-state index in [1.54, 1.807) is 7.11 Å². The lowest BCUT2D eigenvalue weighted by molar-refractivity contribution is -0.133. The van der Waals surface area contributed by atoms with Crippen molar-refractivity contribution in [2.24, 2.45) is 5.92 Å². The highest BCUT2D eigenvalue weighted by Crippen LogP contribution is 2.51. The summed E-state index contributed by atoms with van der Waals surface area (Å²) in [7, 11) is 1.70. The first-order valence-corrected chi connectivity index (χ1v) is 9.10. The average molecular weight is 339 g/mol. The van der Waals surface area contributed by atoms with E-state index in [-0.39, 0.29) is 12.0 Å². The second-order valence-corrected chi connectivity index (χ2v) is 7.26. The lowest BCUT2D eigenvalue weighted by atomic mass is 10.1. The Morgan fingerprint density at radius 2 is 2.20 bits per heavy atom. The van der Waals surface area contributed by atoms with Gasteiger partial charge in [-0.05, 0) is 49.3 Å². The summed E-state index contributed by atoms with van der Waals surface area (Å²) in [4.78, 5) is 15.1. The minimum absolute atomic E-state index is 0.108. The maximum absolute atomic E-state index is 13.1. The third-order valence-corrected chi connectivity index (χ3v) is 5.47. The molecule has 4 rings (SSSR count). The third-order valence-electron chi connectivity index (χ3n) is 5.47. The second kappa shape index (κ2) is 6.54. The third kappa shape index (κ3) is 3.15. The SMILES string of the molecule is COc1ccccc1C1CC1C(=O)N1CCCC1Cn1cc(C)cn1. The van der Waals surface area contributed by atoms with E-state index < -0.39 is 0 Å². The lowest BCUT2D eigenvalue weighted by Crippen LogP contribution is -2.39. The summed E-state index contributed by atoms with van der Waals surface area (Å²) in [5.41, 5.74) is 2.33. The summed E-state index contributed by atoms with van der Waals surface area (Å²) >= 11 is 0. The molecule has 5 nitrogen and oxygen atoms in total. The molecule has 0 bridgehead atoms. The van der Waals surface area contributed by atoms with E-state index in [4.69, 9.17) is 4.74 Å². The fraction of sp³-hybridized carbons (Fsp3) is 0.500. The summed E-state index contributed by atoms with van der Waals surface area (Å²) in [6.45, 7) is 3.72. The molecule has 3 atom stereocenters. The highest BCUT2D eigenvalue weighted by Gasteiger charge is 2.48. The molecule has 1 saturated heterocycles. The molecule has 2 aliphatic rings. The quantitative estimate of drug-likeness (QED) is 0.841. The predicted octanol–water partition coefficient (Wildman–Crippen LogP) is 2.99. The van der Waals surface area contributed by atoms with Gasteiger partial charge in [0.05, 0.1) is 25.9 Å². The topological polar surface area (TPSA) is 47.4 Å². The number of carbonyl (C=O) groups excluding carboxylic acids is 1. The van der Waals surface area contributed by atoms with Crippen LogP contribution in [0.25, 0.3) is 0 Å². The van der Waals surface area contributed by atoms with Gasteiger partial charge in [0.15, 0.2) is 0 Å². The second-order valence-electron chi connectivity index (χ2n) is 7.26. The highest BCUT2D eigenvalue weighted by molar-refractivity contribution is 5.83. The largest absolute Gasteiger partial charge is 0.496 e. The van der Waals surface area contributed by atoms with Gasteiger partial charge in [0.1, 0.15) is 5.75 Å². The van der Waals surface area contributed by atoms with E-state index in [9.17, 15) is 4.79 Å². The minimum atomic E-state index is 0.108. The van der Waals surface area contributed by atoms with Crippen LogP contribution in [0.15, 0.2) is 36.7 Å². The molecule has 2 aromatic rings. The number of aromatic nitrogens is 2.